The molecule has 0 radical (unpaired) electrons. The number of amides is 1. The molecular weight excluding hydrogens is 302 g/mol. The summed E-state index contributed by atoms with van der Waals surface area (Å²) in [5.74, 6) is 1.34. The van der Waals surface area contributed by atoms with Crippen LogP contribution in [0.25, 0.3) is 11.0 Å². The average Bonchev–Trinajstić information content (AvgIpc) is 2.99. The van der Waals surface area contributed by atoms with Crippen molar-refractivity contribution in [2.75, 3.05) is 6.61 Å². The van der Waals surface area contributed by atoms with Crippen LogP contribution in [0, 0.1) is 20.8 Å². The topological polar surface area (TPSA) is 51.5 Å². The Hall–Kier alpha value is -2.75. The molecule has 1 aromatic heterocycles. The Morgan fingerprint density at radius 2 is 1.83 bits per heavy atom. The van der Waals surface area contributed by atoms with Crippen molar-refractivity contribution in [2.24, 2.45) is 0 Å². The van der Waals surface area contributed by atoms with Gasteiger partial charge in [0.25, 0.3) is 5.91 Å². The number of carbonyl (C=O) groups excluding carboxylic acids is 1. The molecule has 1 N–H and O–H groups in total. The Bertz CT molecular complexity index is 847. The number of para-hydroxylation sites is 1. The molecule has 0 aliphatic heterocycles. The number of nitrogens with one attached hydrogen (secondary N) is 1. The molecule has 3 rings (SSSR count). The highest BCUT2D eigenvalue weighted by Crippen LogP contribution is 2.25. The third-order valence-electron chi connectivity index (χ3n) is 4.16. The van der Waals surface area contributed by atoms with E-state index in [9.17, 15) is 4.79 Å². The second-order valence-corrected chi connectivity index (χ2v) is 5.97. The van der Waals surface area contributed by atoms with Gasteiger partial charge in [0, 0.05) is 5.39 Å². The predicted octanol–water partition coefficient (Wildman–Crippen LogP) is 4.05. The fourth-order valence-electron chi connectivity index (χ4n) is 2.65. The lowest BCUT2D eigenvalue weighted by atomic mass is 10.1. The lowest BCUT2D eigenvalue weighted by molar-refractivity contribution is -0.123. The lowest BCUT2D eigenvalue weighted by Crippen LogP contribution is -2.28. The van der Waals surface area contributed by atoms with E-state index in [0.717, 1.165) is 39.2 Å². The second kappa shape index (κ2) is 6.79. The van der Waals surface area contributed by atoms with Gasteiger partial charge in [-0.15, -0.1) is 0 Å². The van der Waals surface area contributed by atoms with E-state index in [2.05, 4.69) is 11.4 Å². The summed E-state index contributed by atoms with van der Waals surface area (Å²) in [5.41, 5.74) is 4.07. The zero-order valence-corrected chi connectivity index (χ0v) is 14.2. The van der Waals surface area contributed by atoms with Crippen LogP contribution in [0.5, 0.6) is 5.75 Å². The highest BCUT2D eigenvalue weighted by atomic mass is 16.5. The first-order valence-corrected chi connectivity index (χ1v) is 7.98. The number of rotatable bonds is 5. The molecule has 0 aliphatic rings. The molecule has 0 fully saturated rings. The monoisotopic (exact) mass is 323 g/mol. The zero-order valence-electron chi connectivity index (χ0n) is 14.2. The Kier molecular flexibility index (Phi) is 4.56. The van der Waals surface area contributed by atoms with Crippen molar-refractivity contribution in [3.63, 3.8) is 0 Å². The third-order valence-corrected chi connectivity index (χ3v) is 4.16. The summed E-state index contributed by atoms with van der Waals surface area (Å²) in [6, 6.07) is 13.8. The van der Waals surface area contributed by atoms with E-state index in [1.165, 1.54) is 0 Å². The average molecular weight is 323 g/mol. The Balaban J connectivity index is 1.57. The van der Waals surface area contributed by atoms with E-state index in [1.807, 2.05) is 57.2 Å². The van der Waals surface area contributed by atoms with Crippen molar-refractivity contribution in [3.05, 3.63) is 64.9 Å². The first kappa shape index (κ1) is 16.1. The fraction of sp³-hybridized carbons (Fsp3) is 0.250. The maximum Gasteiger partial charge on any atom is 0.258 e. The number of ether oxygens (including phenoxy) is 1. The minimum atomic E-state index is -0.171. The normalized spacial score (nSPS) is 10.8. The molecule has 1 heterocycles. The number of fused-ring (bicyclic) bond motifs is 1. The van der Waals surface area contributed by atoms with Gasteiger partial charge in [-0.05, 0) is 49.6 Å². The van der Waals surface area contributed by atoms with Gasteiger partial charge in [0.15, 0.2) is 6.61 Å². The van der Waals surface area contributed by atoms with Crippen molar-refractivity contribution in [1.82, 2.24) is 5.32 Å². The maximum absolute atomic E-state index is 12.0. The van der Waals surface area contributed by atoms with E-state index in [0.29, 0.717) is 6.54 Å². The van der Waals surface area contributed by atoms with E-state index < -0.39 is 0 Å². The summed E-state index contributed by atoms with van der Waals surface area (Å²) >= 11 is 0. The van der Waals surface area contributed by atoms with Crippen molar-refractivity contribution >= 4 is 16.9 Å². The van der Waals surface area contributed by atoms with Gasteiger partial charge >= 0.3 is 0 Å². The van der Waals surface area contributed by atoms with Crippen LogP contribution in [-0.2, 0) is 11.3 Å². The number of hydrogen-bond donors (Lipinski definition) is 1. The molecule has 24 heavy (non-hydrogen) atoms. The summed E-state index contributed by atoms with van der Waals surface area (Å²) in [6.45, 7) is 6.36. The van der Waals surface area contributed by atoms with Gasteiger partial charge in [0.1, 0.15) is 17.1 Å². The van der Waals surface area contributed by atoms with Crippen LogP contribution in [0.15, 0.2) is 46.9 Å². The second-order valence-electron chi connectivity index (χ2n) is 5.97. The van der Waals surface area contributed by atoms with Crippen LogP contribution in [-0.4, -0.2) is 12.5 Å². The molecule has 0 aliphatic carbocycles. The first-order chi connectivity index (χ1) is 11.5. The van der Waals surface area contributed by atoms with Gasteiger partial charge in [-0.2, -0.15) is 0 Å². The summed E-state index contributed by atoms with van der Waals surface area (Å²) in [5, 5.41) is 3.86. The van der Waals surface area contributed by atoms with Gasteiger partial charge in [0.05, 0.1) is 6.54 Å². The third kappa shape index (κ3) is 3.43. The van der Waals surface area contributed by atoms with E-state index >= 15 is 0 Å². The number of benzene rings is 2. The van der Waals surface area contributed by atoms with Gasteiger partial charge in [-0.25, -0.2) is 0 Å². The minimum Gasteiger partial charge on any atom is -0.483 e. The van der Waals surface area contributed by atoms with Gasteiger partial charge in [-0.1, -0.05) is 30.3 Å². The molecule has 0 saturated carbocycles. The van der Waals surface area contributed by atoms with Crippen LogP contribution in [0.4, 0.5) is 0 Å². The standard InChI is InChI=1S/C20H21NO3/c1-13-8-9-14(2)20(15(13)3)23-12-19(22)21-11-17-10-16-6-4-5-7-18(16)24-17/h4-10H,11-12H2,1-3H3,(H,21,22). The van der Waals surface area contributed by atoms with Crippen molar-refractivity contribution in [2.45, 2.75) is 27.3 Å². The summed E-state index contributed by atoms with van der Waals surface area (Å²) in [4.78, 5) is 12.0. The largest absolute Gasteiger partial charge is 0.483 e. The molecule has 0 unspecified atom stereocenters. The quantitative estimate of drug-likeness (QED) is 0.770. The molecular formula is C20H21NO3. The van der Waals surface area contributed by atoms with Crippen LogP contribution in [0.2, 0.25) is 0 Å². The molecule has 1 amide bonds. The predicted molar refractivity (Wildman–Crippen MR) is 94.2 cm³/mol. The lowest BCUT2D eigenvalue weighted by Gasteiger charge is -2.13. The van der Waals surface area contributed by atoms with E-state index in [4.69, 9.17) is 9.15 Å². The zero-order chi connectivity index (χ0) is 17.1. The molecule has 2 aromatic carbocycles. The maximum atomic E-state index is 12.0. The van der Waals surface area contributed by atoms with Crippen molar-refractivity contribution in [1.29, 1.82) is 0 Å². The Morgan fingerprint density at radius 1 is 1.08 bits per heavy atom. The van der Waals surface area contributed by atoms with Gasteiger partial charge in [0.2, 0.25) is 0 Å². The molecule has 0 atom stereocenters. The number of furan rings is 1. The van der Waals surface area contributed by atoms with Gasteiger partial charge < -0.3 is 14.5 Å². The van der Waals surface area contributed by atoms with Crippen LogP contribution < -0.4 is 10.1 Å². The molecule has 0 spiro atoms. The summed E-state index contributed by atoms with van der Waals surface area (Å²) in [6.07, 6.45) is 0. The summed E-state index contributed by atoms with van der Waals surface area (Å²) < 4.78 is 11.4. The van der Waals surface area contributed by atoms with Crippen LogP contribution in [0.1, 0.15) is 22.5 Å². The number of aryl methyl sites for hydroxylation is 2. The first-order valence-electron chi connectivity index (χ1n) is 7.98. The number of hydrogen-bond acceptors (Lipinski definition) is 3. The molecule has 0 saturated heterocycles. The molecule has 3 aromatic rings. The highest BCUT2D eigenvalue weighted by Gasteiger charge is 2.10. The van der Waals surface area contributed by atoms with E-state index in [1.54, 1.807) is 0 Å². The smallest absolute Gasteiger partial charge is 0.258 e. The minimum absolute atomic E-state index is 0.00857. The molecule has 0 bridgehead atoms. The van der Waals surface area contributed by atoms with Crippen molar-refractivity contribution < 1.29 is 13.9 Å². The summed E-state index contributed by atoms with van der Waals surface area (Å²) in [7, 11) is 0. The Labute approximate surface area is 141 Å². The molecule has 124 valence electrons. The Morgan fingerprint density at radius 3 is 2.62 bits per heavy atom. The van der Waals surface area contributed by atoms with E-state index in [-0.39, 0.29) is 12.5 Å². The number of carbonyl (C=O) groups is 1. The van der Waals surface area contributed by atoms with Crippen LogP contribution in [0.3, 0.4) is 0 Å². The molecule has 4 nitrogen and oxygen atoms in total. The fourth-order valence-corrected chi connectivity index (χ4v) is 2.65. The molecule has 4 heteroatoms. The van der Waals surface area contributed by atoms with Gasteiger partial charge in [-0.3, -0.25) is 4.79 Å². The van der Waals surface area contributed by atoms with Crippen molar-refractivity contribution in [3.8, 4) is 5.75 Å². The van der Waals surface area contributed by atoms with Crippen LogP contribution >= 0.6 is 0 Å². The SMILES string of the molecule is Cc1ccc(C)c(OCC(=O)NCc2cc3ccccc3o2)c1C. The highest BCUT2D eigenvalue weighted by molar-refractivity contribution is 5.79.